The number of amides is 1. The van der Waals surface area contributed by atoms with Gasteiger partial charge in [0.15, 0.2) is 18.9 Å². The summed E-state index contributed by atoms with van der Waals surface area (Å²) in [5.41, 5.74) is 0. The maximum Gasteiger partial charge on any atom is 0.220 e. The van der Waals surface area contributed by atoms with Crippen LogP contribution in [0.4, 0.5) is 0 Å². The largest absolute Gasteiger partial charge is 0.394 e. The van der Waals surface area contributed by atoms with Gasteiger partial charge in [0.05, 0.1) is 38.6 Å². The SMILES string of the molecule is CC/C=C\C/C=C\C/C=C\C/C=C\C/C=C\CCCCCC(=O)NC(COC1OC(CO)C(OC2OC(CO)C(OC3OC(CO)C(O)C(O)C3O)C(O)C2O)C(O)C1O)C(O)/C=C/CC/C=C/CC/C=C/CCCCCCCCCCCCCCCCCCCCCCCCC. The van der Waals surface area contributed by atoms with E-state index in [1.54, 1.807) is 6.08 Å². The lowest BCUT2D eigenvalue weighted by atomic mass is 9.96. The van der Waals surface area contributed by atoms with Crippen LogP contribution in [0.15, 0.2) is 97.2 Å². The zero-order chi connectivity index (χ0) is 70.4. The summed E-state index contributed by atoms with van der Waals surface area (Å²) in [7, 11) is 0. The molecule has 3 aliphatic rings. The molecule has 17 atom stereocenters. The van der Waals surface area contributed by atoms with Crippen molar-refractivity contribution in [1.29, 1.82) is 0 Å². The first-order valence-electron chi connectivity index (χ1n) is 38.0. The molecule has 3 fully saturated rings. The first-order valence-corrected chi connectivity index (χ1v) is 38.0. The van der Waals surface area contributed by atoms with Crippen LogP contribution in [-0.2, 0) is 33.2 Å². The Kier molecular flexibility index (Phi) is 52.8. The second kappa shape index (κ2) is 58.2. The molecule has 3 aliphatic heterocycles. The number of ether oxygens (including phenoxy) is 6. The van der Waals surface area contributed by atoms with Gasteiger partial charge in [-0.1, -0.05) is 259 Å². The van der Waals surface area contributed by atoms with Crippen molar-refractivity contribution in [3.8, 4) is 0 Å². The Hall–Kier alpha value is -3.29. The van der Waals surface area contributed by atoms with Gasteiger partial charge in [-0.15, -0.1) is 0 Å². The van der Waals surface area contributed by atoms with Gasteiger partial charge in [0.2, 0.25) is 5.91 Å². The van der Waals surface area contributed by atoms with Gasteiger partial charge in [0, 0.05) is 6.42 Å². The predicted octanol–water partition coefficient (Wildman–Crippen LogP) is 11.6. The minimum absolute atomic E-state index is 0.187. The minimum Gasteiger partial charge on any atom is -0.394 e. The molecule has 0 aromatic carbocycles. The summed E-state index contributed by atoms with van der Waals surface area (Å²) >= 11 is 0. The lowest BCUT2D eigenvalue weighted by Crippen LogP contribution is -2.66. The van der Waals surface area contributed by atoms with Crippen LogP contribution in [0.1, 0.15) is 258 Å². The molecule has 0 aromatic heterocycles. The van der Waals surface area contributed by atoms with E-state index < -0.39 is 131 Å². The number of aliphatic hydroxyl groups excluding tert-OH is 11. The number of allylic oxidation sites excluding steroid dienone is 15. The Morgan fingerprint density at radius 2 is 0.722 bits per heavy atom. The molecule has 19 heteroatoms. The van der Waals surface area contributed by atoms with Crippen LogP contribution in [0.2, 0.25) is 0 Å². The lowest BCUT2D eigenvalue weighted by Gasteiger charge is -2.48. The van der Waals surface area contributed by atoms with Crippen molar-refractivity contribution in [3.05, 3.63) is 97.2 Å². The lowest BCUT2D eigenvalue weighted by molar-refractivity contribution is -0.379. The fourth-order valence-electron chi connectivity index (χ4n) is 12.3. The van der Waals surface area contributed by atoms with E-state index in [0.29, 0.717) is 12.8 Å². The minimum atomic E-state index is -1.99. The van der Waals surface area contributed by atoms with Gasteiger partial charge in [-0.2, -0.15) is 0 Å². The van der Waals surface area contributed by atoms with E-state index in [1.807, 2.05) is 6.08 Å². The summed E-state index contributed by atoms with van der Waals surface area (Å²) in [6.45, 7) is 1.57. The maximum absolute atomic E-state index is 13.4. The molecule has 0 spiro atoms. The highest BCUT2D eigenvalue weighted by molar-refractivity contribution is 5.76. The van der Waals surface area contributed by atoms with Crippen LogP contribution < -0.4 is 5.32 Å². The highest BCUT2D eigenvalue weighted by atomic mass is 16.8. The molecule has 1 amide bonds. The predicted molar refractivity (Wildman–Crippen MR) is 383 cm³/mol. The molecule has 97 heavy (non-hydrogen) atoms. The maximum atomic E-state index is 13.4. The van der Waals surface area contributed by atoms with Gasteiger partial charge in [-0.25, -0.2) is 0 Å². The Labute approximate surface area is 583 Å². The molecule has 17 unspecified atom stereocenters. The van der Waals surface area contributed by atoms with E-state index in [9.17, 15) is 61.0 Å². The van der Waals surface area contributed by atoms with E-state index in [1.165, 1.54) is 148 Å². The number of unbranched alkanes of at least 4 members (excludes halogenated alkanes) is 28. The monoisotopic (exact) mass is 1370 g/mol. The summed E-state index contributed by atoms with van der Waals surface area (Å²) in [6.07, 6.45) is 51.3. The van der Waals surface area contributed by atoms with Crippen molar-refractivity contribution in [1.82, 2.24) is 5.32 Å². The first kappa shape index (κ1) is 87.9. The van der Waals surface area contributed by atoms with Crippen LogP contribution in [0.3, 0.4) is 0 Å². The molecule has 3 heterocycles. The summed E-state index contributed by atoms with van der Waals surface area (Å²) < 4.78 is 34.3. The molecule has 19 nitrogen and oxygen atoms in total. The number of hydrogen-bond acceptors (Lipinski definition) is 18. The van der Waals surface area contributed by atoms with Gasteiger partial charge in [-0.05, 0) is 89.9 Å². The Bertz CT molecular complexity index is 2130. The topological polar surface area (TPSA) is 307 Å². The zero-order valence-electron chi connectivity index (χ0n) is 59.5. The van der Waals surface area contributed by atoms with Gasteiger partial charge >= 0.3 is 0 Å². The van der Waals surface area contributed by atoms with Crippen LogP contribution in [0, 0.1) is 0 Å². The second-order valence-electron chi connectivity index (χ2n) is 26.7. The number of aliphatic hydroxyl groups is 11. The standard InChI is InChI=1S/C78H135NO18/c1-3-5-7-9-11-13-15-17-19-21-23-24-25-26-27-28-29-30-31-32-33-34-35-36-38-39-41-43-45-47-49-51-53-55-62(83)61(79-66(84)56-54-52-50-48-46-44-42-40-37-22-20-18-16-14-12-10-8-6-4-2)60-92-76-72(90)69(87)74(64(58-81)94-76)97-78-73(91)70(88)75(65(59-82)95-78)96-77-71(89)68(86)67(85)63(57-80)93-77/h6,8,12,14,18,20,37-40,44-47,53,55,61-65,67-78,80-83,85-91H,3-5,7,9-11,13,15-17,19,21-36,41-43,48-52,54,56-60H2,1-2H3,(H,79,84)/b8-6-,14-12-,20-18-,39-38+,40-37-,46-44-,47-45+,55-53+. The van der Waals surface area contributed by atoms with E-state index >= 15 is 0 Å². The van der Waals surface area contributed by atoms with E-state index in [2.05, 4.69) is 104 Å². The van der Waals surface area contributed by atoms with Crippen molar-refractivity contribution in [2.45, 2.75) is 362 Å². The first-order chi connectivity index (χ1) is 47.3. The number of hydrogen-bond donors (Lipinski definition) is 12. The fraction of sp³-hybridized carbons (Fsp3) is 0.782. The quantitative estimate of drug-likeness (QED) is 0.0199. The molecule has 0 aliphatic carbocycles. The third-order valence-corrected chi connectivity index (χ3v) is 18.3. The van der Waals surface area contributed by atoms with Crippen LogP contribution in [0.25, 0.3) is 0 Å². The van der Waals surface area contributed by atoms with E-state index in [4.69, 9.17) is 28.4 Å². The summed E-state index contributed by atoms with van der Waals surface area (Å²) in [5.74, 6) is -0.323. The number of carbonyl (C=O) groups excluding carboxylic acids is 1. The number of rotatable bonds is 58. The highest BCUT2D eigenvalue weighted by Crippen LogP contribution is 2.33. The number of carbonyl (C=O) groups is 1. The Morgan fingerprint density at radius 1 is 0.381 bits per heavy atom. The molecular weight excluding hydrogens is 1240 g/mol. The molecule has 0 aromatic rings. The van der Waals surface area contributed by atoms with Crippen molar-refractivity contribution in [3.63, 3.8) is 0 Å². The Balaban J connectivity index is 1.41. The molecule has 3 rings (SSSR count). The normalized spacial score (nSPS) is 27.5. The Morgan fingerprint density at radius 3 is 1.15 bits per heavy atom. The molecule has 0 bridgehead atoms. The van der Waals surface area contributed by atoms with Crippen LogP contribution in [0.5, 0.6) is 0 Å². The average molecular weight is 1370 g/mol. The van der Waals surface area contributed by atoms with Crippen molar-refractivity contribution in [2.24, 2.45) is 0 Å². The van der Waals surface area contributed by atoms with Crippen molar-refractivity contribution in [2.75, 3.05) is 26.4 Å². The number of nitrogens with one attached hydrogen (secondary N) is 1. The average Bonchev–Trinajstić information content (AvgIpc) is 0.795. The van der Waals surface area contributed by atoms with Gasteiger partial charge < -0.3 is 89.9 Å². The molecule has 560 valence electrons. The van der Waals surface area contributed by atoms with Gasteiger partial charge in [0.1, 0.15) is 73.2 Å². The van der Waals surface area contributed by atoms with E-state index in [0.717, 1.165) is 77.0 Å². The van der Waals surface area contributed by atoms with Crippen LogP contribution >= 0.6 is 0 Å². The van der Waals surface area contributed by atoms with Gasteiger partial charge in [-0.3, -0.25) is 4.79 Å². The smallest absolute Gasteiger partial charge is 0.220 e. The third-order valence-electron chi connectivity index (χ3n) is 18.3. The van der Waals surface area contributed by atoms with Crippen molar-refractivity contribution >= 4 is 5.91 Å². The second-order valence-corrected chi connectivity index (χ2v) is 26.7. The zero-order valence-corrected chi connectivity index (χ0v) is 59.5. The molecule has 0 saturated carbocycles. The van der Waals surface area contributed by atoms with Crippen molar-refractivity contribution < 1.29 is 89.4 Å². The third kappa shape index (κ3) is 39.1. The molecule has 0 radical (unpaired) electrons. The fourth-order valence-corrected chi connectivity index (χ4v) is 12.3. The van der Waals surface area contributed by atoms with Gasteiger partial charge in [0.25, 0.3) is 0 Å². The summed E-state index contributed by atoms with van der Waals surface area (Å²) in [5, 5.41) is 121. The summed E-state index contributed by atoms with van der Waals surface area (Å²) in [4.78, 5) is 13.4. The highest BCUT2D eigenvalue weighted by Gasteiger charge is 2.53. The molecule has 3 saturated heterocycles. The summed E-state index contributed by atoms with van der Waals surface area (Å²) in [6, 6.07) is -1.02. The molecule has 12 N–H and O–H groups in total. The molecular formula is C78H135NO18. The van der Waals surface area contributed by atoms with E-state index in [-0.39, 0.29) is 12.3 Å². The van der Waals surface area contributed by atoms with Crippen LogP contribution in [-0.4, -0.2) is 193 Å².